The zero-order valence-corrected chi connectivity index (χ0v) is 13.7. The maximum atomic E-state index is 12.0. The Kier molecular flexibility index (Phi) is 5.67. The van der Waals surface area contributed by atoms with Gasteiger partial charge in [-0.3, -0.25) is 15.3 Å². The summed E-state index contributed by atoms with van der Waals surface area (Å²) in [7, 11) is 0. The highest BCUT2D eigenvalue weighted by Gasteiger charge is 2.12. The Morgan fingerprint density at radius 2 is 2.17 bits per heavy atom. The molecule has 0 fully saturated rings. The van der Waals surface area contributed by atoms with Crippen LogP contribution < -0.4 is 22.1 Å². The number of pyridine rings is 2. The Bertz CT molecular complexity index is 730. The number of amidine groups is 1. The maximum absolute atomic E-state index is 12.0. The predicted octanol–water partition coefficient (Wildman–Crippen LogP) is 1.67. The first-order valence-electron chi connectivity index (χ1n) is 7.55. The molecule has 8 heteroatoms. The summed E-state index contributed by atoms with van der Waals surface area (Å²) < 4.78 is 0. The third-order valence-electron chi connectivity index (χ3n) is 3.26. The monoisotopic (exact) mass is 327 g/mol. The highest BCUT2D eigenvalue weighted by Crippen LogP contribution is 2.15. The second-order valence-electron chi connectivity index (χ2n) is 5.09. The van der Waals surface area contributed by atoms with Gasteiger partial charge in [0.1, 0.15) is 11.7 Å². The van der Waals surface area contributed by atoms with E-state index in [0.29, 0.717) is 29.4 Å². The minimum atomic E-state index is -0.400. The van der Waals surface area contributed by atoms with E-state index in [0.717, 1.165) is 5.69 Å². The lowest BCUT2D eigenvalue weighted by molar-refractivity contribution is 0.249. The summed E-state index contributed by atoms with van der Waals surface area (Å²) in [6.45, 7) is 4.27. The fourth-order valence-corrected chi connectivity index (χ4v) is 2.06. The number of anilines is 2. The number of carbonyl (C=O) groups is 1. The molecule has 0 aromatic carbocycles. The summed E-state index contributed by atoms with van der Waals surface area (Å²) in [4.78, 5) is 24.5. The molecule has 0 aliphatic rings. The average molecular weight is 327 g/mol. The summed E-state index contributed by atoms with van der Waals surface area (Å²) in [5.74, 6) is 0.647. The van der Waals surface area contributed by atoms with Gasteiger partial charge in [0, 0.05) is 30.7 Å². The number of hydrogen-bond acceptors (Lipinski definition) is 5. The van der Waals surface area contributed by atoms with Gasteiger partial charge in [0.05, 0.1) is 17.3 Å². The van der Waals surface area contributed by atoms with Crippen LogP contribution in [0.25, 0.3) is 0 Å². The molecule has 0 aliphatic carbocycles. The van der Waals surface area contributed by atoms with Crippen LogP contribution in [-0.2, 0) is 0 Å². The first kappa shape index (κ1) is 17.2. The molecular weight excluding hydrogens is 306 g/mol. The Balaban J connectivity index is 2.02. The number of hydrogen-bond donors (Lipinski definition) is 4. The molecule has 24 heavy (non-hydrogen) atoms. The lowest BCUT2D eigenvalue weighted by Crippen LogP contribution is -2.32. The van der Waals surface area contributed by atoms with Crippen LogP contribution in [-0.4, -0.2) is 28.4 Å². The largest absolute Gasteiger partial charge is 0.398 e. The number of aliphatic imine (C=N–C) groups is 1. The van der Waals surface area contributed by atoms with Gasteiger partial charge in [0.25, 0.3) is 0 Å². The van der Waals surface area contributed by atoms with Crippen molar-refractivity contribution in [2.24, 2.45) is 10.7 Å². The molecule has 0 radical (unpaired) electrons. The highest BCUT2D eigenvalue weighted by molar-refractivity contribution is 6.02. The molecule has 8 nitrogen and oxygen atoms in total. The normalized spacial score (nSPS) is 12.5. The average Bonchev–Trinajstić information content (AvgIpc) is 2.55. The number of rotatable bonds is 5. The quantitative estimate of drug-likeness (QED) is 0.490. The Morgan fingerprint density at radius 1 is 1.38 bits per heavy atom. The van der Waals surface area contributed by atoms with Gasteiger partial charge in [0.2, 0.25) is 0 Å². The number of nitrogen functional groups attached to an aromatic ring is 1. The van der Waals surface area contributed by atoms with Gasteiger partial charge in [-0.2, -0.15) is 0 Å². The Hall–Kier alpha value is -3.16. The molecule has 126 valence electrons. The molecule has 0 bridgehead atoms. The summed E-state index contributed by atoms with van der Waals surface area (Å²) in [5, 5.41) is 5.41. The predicted molar refractivity (Wildman–Crippen MR) is 94.7 cm³/mol. The number of amides is 2. The molecule has 0 aliphatic heterocycles. The van der Waals surface area contributed by atoms with Crippen LogP contribution in [0, 0.1) is 0 Å². The van der Waals surface area contributed by atoms with Gasteiger partial charge >= 0.3 is 6.03 Å². The maximum Gasteiger partial charge on any atom is 0.320 e. The van der Waals surface area contributed by atoms with E-state index in [1.807, 2.05) is 32.0 Å². The van der Waals surface area contributed by atoms with Crippen LogP contribution in [0.2, 0.25) is 0 Å². The zero-order chi connectivity index (χ0) is 17.5. The first-order valence-corrected chi connectivity index (χ1v) is 7.55. The minimum absolute atomic E-state index is 0.241. The van der Waals surface area contributed by atoms with E-state index in [1.54, 1.807) is 12.3 Å². The fraction of sp³-hybridized carbons (Fsp3) is 0.250. The molecule has 1 atom stereocenters. The Morgan fingerprint density at radius 3 is 2.79 bits per heavy atom. The van der Waals surface area contributed by atoms with Crippen molar-refractivity contribution in [3.63, 3.8) is 0 Å². The van der Waals surface area contributed by atoms with E-state index < -0.39 is 6.03 Å². The number of nitrogens with two attached hydrogens (primary N) is 2. The van der Waals surface area contributed by atoms with Crippen LogP contribution in [0.15, 0.2) is 41.7 Å². The second-order valence-corrected chi connectivity index (χ2v) is 5.09. The second kappa shape index (κ2) is 7.91. The van der Waals surface area contributed by atoms with Crippen LogP contribution in [0.3, 0.4) is 0 Å². The molecule has 0 saturated heterocycles. The summed E-state index contributed by atoms with van der Waals surface area (Å²) in [6.07, 6.45) is 3.16. The van der Waals surface area contributed by atoms with Crippen molar-refractivity contribution in [1.29, 1.82) is 0 Å². The third kappa shape index (κ3) is 4.42. The number of carbonyl (C=O) groups excluding carboxylic acids is 1. The number of urea groups is 1. The number of nitrogens with one attached hydrogen (secondary N) is 2. The minimum Gasteiger partial charge on any atom is -0.398 e. The SMILES string of the molecule is CCN=C(N)c1cnc(NC(=O)NC(C)c2ccccn2)cc1N. The molecule has 6 N–H and O–H groups in total. The van der Waals surface area contributed by atoms with Gasteiger partial charge < -0.3 is 16.8 Å². The van der Waals surface area contributed by atoms with E-state index in [-0.39, 0.29) is 6.04 Å². The van der Waals surface area contributed by atoms with Crippen LogP contribution >= 0.6 is 0 Å². The van der Waals surface area contributed by atoms with Gasteiger partial charge in [-0.1, -0.05) is 6.07 Å². The van der Waals surface area contributed by atoms with Gasteiger partial charge in [0.15, 0.2) is 0 Å². The number of nitrogens with zero attached hydrogens (tertiary/aromatic N) is 3. The number of aromatic nitrogens is 2. The van der Waals surface area contributed by atoms with Crippen molar-refractivity contribution in [3.8, 4) is 0 Å². The van der Waals surface area contributed by atoms with Crippen molar-refractivity contribution in [1.82, 2.24) is 15.3 Å². The molecule has 2 aromatic heterocycles. The van der Waals surface area contributed by atoms with Crippen LogP contribution in [0.1, 0.15) is 31.1 Å². The zero-order valence-electron chi connectivity index (χ0n) is 13.7. The third-order valence-corrected chi connectivity index (χ3v) is 3.26. The fourth-order valence-electron chi connectivity index (χ4n) is 2.06. The summed E-state index contributed by atoms with van der Waals surface area (Å²) in [5.41, 5.74) is 13.5. The van der Waals surface area contributed by atoms with Crippen LogP contribution in [0.4, 0.5) is 16.3 Å². The summed E-state index contributed by atoms with van der Waals surface area (Å²) >= 11 is 0. The molecule has 2 heterocycles. The lowest BCUT2D eigenvalue weighted by atomic mass is 10.2. The van der Waals surface area contributed by atoms with E-state index in [9.17, 15) is 4.79 Å². The van der Waals surface area contributed by atoms with Crippen molar-refractivity contribution < 1.29 is 4.79 Å². The van der Waals surface area contributed by atoms with Crippen LogP contribution in [0.5, 0.6) is 0 Å². The van der Waals surface area contributed by atoms with Gasteiger partial charge in [-0.05, 0) is 26.0 Å². The Labute approximate surface area is 140 Å². The van der Waals surface area contributed by atoms with E-state index in [2.05, 4.69) is 25.6 Å². The molecule has 2 aromatic rings. The van der Waals surface area contributed by atoms with Crippen molar-refractivity contribution in [2.75, 3.05) is 17.6 Å². The molecule has 1 unspecified atom stereocenters. The van der Waals surface area contributed by atoms with Gasteiger partial charge in [-0.15, -0.1) is 0 Å². The topological polar surface area (TPSA) is 131 Å². The van der Waals surface area contributed by atoms with Crippen molar-refractivity contribution in [2.45, 2.75) is 19.9 Å². The van der Waals surface area contributed by atoms with E-state index in [1.165, 1.54) is 6.20 Å². The molecule has 2 rings (SSSR count). The molecule has 2 amide bonds. The molecular formula is C16H21N7O. The molecule has 0 spiro atoms. The lowest BCUT2D eigenvalue weighted by Gasteiger charge is -2.14. The van der Waals surface area contributed by atoms with E-state index >= 15 is 0 Å². The van der Waals surface area contributed by atoms with Crippen molar-refractivity contribution in [3.05, 3.63) is 47.9 Å². The first-order chi connectivity index (χ1) is 11.5. The van der Waals surface area contributed by atoms with Gasteiger partial charge in [-0.25, -0.2) is 9.78 Å². The smallest absolute Gasteiger partial charge is 0.320 e. The standard InChI is InChI=1S/C16H21N7O/c1-3-19-15(18)11-9-21-14(8-12(11)17)23-16(24)22-10(2)13-6-4-5-7-20-13/h4-10H,3H2,1-2H3,(H2,18,19)(H4,17,21,22,23,24). The summed E-state index contributed by atoms with van der Waals surface area (Å²) in [6, 6.07) is 6.42. The van der Waals surface area contributed by atoms with E-state index in [4.69, 9.17) is 11.5 Å². The molecule has 0 saturated carbocycles. The van der Waals surface area contributed by atoms with Crippen molar-refractivity contribution >= 4 is 23.4 Å². The highest BCUT2D eigenvalue weighted by atomic mass is 16.2.